The lowest BCUT2D eigenvalue weighted by Crippen LogP contribution is -2.23. The summed E-state index contributed by atoms with van der Waals surface area (Å²) in [5.41, 5.74) is 1.34. The van der Waals surface area contributed by atoms with Crippen LogP contribution in [-0.4, -0.2) is 20.9 Å². The molecule has 0 aromatic carbocycles. The van der Waals surface area contributed by atoms with E-state index in [1.165, 1.54) is 0 Å². The molecule has 142 valence electrons. The molecule has 2 unspecified atom stereocenters. The van der Waals surface area contributed by atoms with Gasteiger partial charge in [-0.05, 0) is 37.3 Å². The first kappa shape index (κ1) is 21.7. The number of carbonyl (C=O) groups excluding carboxylic acids is 1. The van der Waals surface area contributed by atoms with Crippen molar-refractivity contribution < 1.29 is 4.79 Å². The van der Waals surface area contributed by atoms with Crippen molar-refractivity contribution in [1.29, 1.82) is 0 Å². The molecule has 0 fully saturated rings. The van der Waals surface area contributed by atoms with Gasteiger partial charge in [0.25, 0.3) is 0 Å². The van der Waals surface area contributed by atoms with E-state index in [4.69, 9.17) is 0 Å². The summed E-state index contributed by atoms with van der Waals surface area (Å²) in [6.45, 7) is 10.5. The topological polar surface area (TPSA) is 67.8 Å². The van der Waals surface area contributed by atoms with Gasteiger partial charge >= 0.3 is 0 Å². The van der Waals surface area contributed by atoms with Gasteiger partial charge in [0.15, 0.2) is 5.82 Å². The van der Waals surface area contributed by atoms with E-state index >= 15 is 0 Å². The van der Waals surface area contributed by atoms with Crippen molar-refractivity contribution in [2.45, 2.75) is 60.3 Å². The predicted molar refractivity (Wildman–Crippen MR) is 108 cm³/mol. The van der Waals surface area contributed by atoms with Crippen molar-refractivity contribution in [3.63, 3.8) is 0 Å². The highest BCUT2D eigenvalue weighted by atomic mass is 16.1. The molecule has 0 spiro atoms. The third-order valence-corrected chi connectivity index (χ3v) is 4.38. The molecule has 26 heavy (non-hydrogen) atoms. The highest BCUT2D eigenvalue weighted by Crippen LogP contribution is 2.20. The fraction of sp³-hybridized carbons (Fsp3) is 0.524. The van der Waals surface area contributed by atoms with Crippen molar-refractivity contribution in [1.82, 2.24) is 15.0 Å². The standard InChI is InChI=1S/C19H26N4O.C2H6/c1-4-14(3)9-10-15(5-2)19(24)23-16-12-21-18(22-13-16)17-8-6-7-11-20-17;1-2/h6-8,11-15H,4-5,9-10H2,1-3H3,(H,23,24);1-2H3. The van der Waals surface area contributed by atoms with Crippen LogP contribution in [0.5, 0.6) is 0 Å². The molecule has 0 aliphatic rings. The molecule has 5 nitrogen and oxygen atoms in total. The molecule has 0 radical (unpaired) electrons. The van der Waals surface area contributed by atoms with Crippen LogP contribution in [0, 0.1) is 11.8 Å². The van der Waals surface area contributed by atoms with Crippen LogP contribution in [0.15, 0.2) is 36.8 Å². The Labute approximate surface area is 157 Å². The lowest BCUT2D eigenvalue weighted by atomic mass is 9.93. The third-order valence-electron chi connectivity index (χ3n) is 4.38. The maximum absolute atomic E-state index is 12.4. The van der Waals surface area contributed by atoms with Gasteiger partial charge in [-0.3, -0.25) is 9.78 Å². The number of nitrogens with one attached hydrogen (secondary N) is 1. The first-order valence-corrected chi connectivity index (χ1v) is 9.68. The van der Waals surface area contributed by atoms with Crippen molar-refractivity contribution in [3.05, 3.63) is 36.8 Å². The summed E-state index contributed by atoms with van der Waals surface area (Å²) < 4.78 is 0. The molecule has 0 saturated heterocycles. The van der Waals surface area contributed by atoms with E-state index in [0.29, 0.717) is 17.4 Å². The van der Waals surface area contributed by atoms with Crippen LogP contribution in [0.1, 0.15) is 60.3 Å². The van der Waals surface area contributed by atoms with Crippen molar-refractivity contribution in [3.8, 4) is 11.5 Å². The maximum atomic E-state index is 12.4. The summed E-state index contributed by atoms with van der Waals surface area (Å²) >= 11 is 0. The second-order valence-electron chi connectivity index (χ2n) is 6.20. The maximum Gasteiger partial charge on any atom is 0.227 e. The lowest BCUT2D eigenvalue weighted by molar-refractivity contribution is -0.120. The van der Waals surface area contributed by atoms with Crippen LogP contribution in [0.3, 0.4) is 0 Å². The molecule has 2 aromatic heterocycles. The van der Waals surface area contributed by atoms with E-state index in [1.54, 1.807) is 18.6 Å². The van der Waals surface area contributed by atoms with Crippen LogP contribution in [0.2, 0.25) is 0 Å². The molecule has 2 heterocycles. The van der Waals surface area contributed by atoms with E-state index in [1.807, 2.05) is 32.0 Å². The molecule has 0 aliphatic carbocycles. The summed E-state index contributed by atoms with van der Waals surface area (Å²) in [5, 5.41) is 2.93. The molecule has 2 rings (SSSR count). The lowest BCUT2D eigenvalue weighted by Gasteiger charge is -2.16. The van der Waals surface area contributed by atoms with Crippen molar-refractivity contribution in [2.75, 3.05) is 5.32 Å². The van der Waals surface area contributed by atoms with Gasteiger partial charge in [-0.1, -0.05) is 47.1 Å². The monoisotopic (exact) mass is 356 g/mol. The molecule has 5 heteroatoms. The summed E-state index contributed by atoms with van der Waals surface area (Å²) in [5.74, 6) is 1.30. The van der Waals surface area contributed by atoms with Crippen molar-refractivity contribution >= 4 is 11.6 Å². The van der Waals surface area contributed by atoms with Crippen LogP contribution >= 0.6 is 0 Å². The average molecular weight is 357 g/mol. The van der Waals surface area contributed by atoms with Crippen LogP contribution in [-0.2, 0) is 4.79 Å². The van der Waals surface area contributed by atoms with E-state index in [0.717, 1.165) is 31.4 Å². The van der Waals surface area contributed by atoms with Gasteiger partial charge in [0.05, 0.1) is 18.1 Å². The van der Waals surface area contributed by atoms with E-state index < -0.39 is 0 Å². The quantitative estimate of drug-likeness (QED) is 0.692. The van der Waals surface area contributed by atoms with E-state index in [9.17, 15) is 4.79 Å². The highest BCUT2D eigenvalue weighted by molar-refractivity contribution is 5.92. The average Bonchev–Trinajstić information content (AvgIpc) is 2.71. The van der Waals surface area contributed by atoms with Gasteiger partial charge in [-0.2, -0.15) is 0 Å². The SMILES string of the molecule is CC.CCC(C)CCC(CC)C(=O)Nc1cnc(-c2ccccn2)nc1. The predicted octanol–water partition coefficient (Wildman–Crippen LogP) is 5.36. The Morgan fingerprint density at radius 1 is 1.04 bits per heavy atom. The molecular formula is C21H32N4O. The molecule has 2 aromatic rings. The molecule has 0 aliphatic heterocycles. The van der Waals surface area contributed by atoms with Gasteiger partial charge in [-0.25, -0.2) is 9.97 Å². The number of carbonyl (C=O) groups is 1. The summed E-state index contributed by atoms with van der Waals surface area (Å²) in [6, 6.07) is 5.60. The van der Waals surface area contributed by atoms with Crippen molar-refractivity contribution in [2.24, 2.45) is 11.8 Å². The largest absolute Gasteiger partial charge is 0.323 e. The number of nitrogens with zero attached hydrogens (tertiary/aromatic N) is 3. The number of hydrogen-bond acceptors (Lipinski definition) is 4. The number of rotatable bonds is 8. The minimum Gasteiger partial charge on any atom is -0.323 e. The second-order valence-corrected chi connectivity index (χ2v) is 6.20. The molecule has 1 N–H and O–H groups in total. The first-order valence-electron chi connectivity index (χ1n) is 9.68. The number of pyridine rings is 1. The zero-order valence-electron chi connectivity index (χ0n) is 16.7. The Bertz CT molecular complexity index is 628. The number of hydrogen-bond donors (Lipinski definition) is 1. The Balaban J connectivity index is 0.00000163. The third kappa shape index (κ3) is 6.90. The number of aromatic nitrogens is 3. The second kappa shape index (κ2) is 12.1. The number of anilines is 1. The Hall–Kier alpha value is -2.30. The van der Waals surface area contributed by atoms with E-state index in [-0.39, 0.29) is 11.8 Å². The fourth-order valence-electron chi connectivity index (χ4n) is 2.47. The minimum absolute atomic E-state index is 0.0365. The summed E-state index contributed by atoms with van der Waals surface area (Å²) in [4.78, 5) is 25.2. The van der Waals surface area contributed by atoms with Crippen LogP contribution in [0.25, 0.3) is 11.5 Å². The minimum atomic E-state index is 0.0365. The van der Waals surface area contributed by atoms with Gasteiger partial charge in [0, 0.05) is 12.1 Å². The molecule has 2 atom stereocenters. The molecule has 0 bridgehead atoms. The van der Waals surface area contributed by atoms with Gasteiger partial charge in [-0.15, -0.1) is 0 Å². The fourth-order valence-corrected chi connectivity index (χ4v) is 2.47. The Morgan fingerprint density at radius 3 is 2.27 bits per heavy atom. The Morgan fingerprint density at radius 2 is 1.73 bits per heavy atom. The number of amides is 1. The van der Waals surface area contributed by atoms with Gasteiger partial charge in [0.2, 0.25) is 5.91 Å². The van der Waals surface area contributed by atoms with Gasteiger partial charge in [0.1, 0.15) is 5.69 Å². The Kier molecular flexibility index (Phi) is 10.1. The summed E-state index contributed by atoms with van der Waals surface area (Å²) in [7, 11) is 0. The molecule has 1 amide bonds. The zero-order valence-corrected chi connectivity index (χ0v) is 16.7. The zero-order chi connectivity index (χ0) is 19.4. The van der Waals surface area contributed by atoms with Crippen LogP contribution < -0.4 is 5.32 Å². The van der Waals surface area contributed by atoms with Gasteiger partial charge < -0.3 is 5.32 Å². The smallest absolute Gasteiger partial charge is 0.227 e. The first-order chi connectivity index (χ1) is 12.6. The summed E-state index contributed by atoms with van der Waals surface area (Å²) in [6.07, 6.45) is 8.97. The highest BCUT2D eigenvalue weighted by Gasteiger charge is 2.17. The van der Waals surface area contributed by atoms with Crippen LogP contribution in [0.4, 0.5) is 5.69 Å². The van der Waals surface area contributed by atoms with E-state index in [2.05, 4.69) is 41.0 Å². The normalized spacial score (nSPS) is 12.5. The molecule has 0 saturated carbocycles. The molecular weight excluding hydrogens is 324 g/mol.